The van der Waals surface area contributed by atoms with Crippen LogP contribution in [0.25, 0.3) is 0 Å². The van der Waals surface area contributed by atoms with E-state index in [1.165, 1.54) is 0 Å². The molecule has 70 valence electrons. The van der Waals surface area contributed by atoms with E-state index in [0.717, 1.165) is 18.7 Å². The van der Waals surface area contributed by atoms with Crippen molar-refractivity contribution in [2.45, 2.75) is 6.42 Å². The Morgan fingerprint density at radius 2 is 2.07 bits per heavy atom. The van der Waals surface area contributed by atoms with Gasteiger partial charge in [0.05, 0.1) is 6.07 Å². The van der Waals surface area contributed by atoms with E-state index >= 15 is 0 Å². The van der Waals surface area contributed by atoms with Crippen LogP contribution in [0, 0.1) is 22.7 Å². The van der Waals surface area contributed by atoms with Crippen LogP contribution in [-0.2, 0) is 0 Å². The molecule has 1 aromatic carbocycles. The van der Waals surface area contributed by atoms with Crippen molar-refractivity contribution in [3.05, 3.63) is 30.3 Å². The highest BCUT2D eigenvalue weighted by Gasteiger charge is 2.28. The monoisotopic (exact) mass is 185 g/mol. The van der Waals surface area contributed by atoms with E-state index in [9.17, 15) is 0 Å². The van der Waals surface area contributed by atoms with E-state index in [1.807, 2.05) is 35.2 Å². The van der Waals surface area contributed by atoms with Crippen LogP contribution in [0.3, 0.4) is 0 Å². The lowest BCUT2D eigenvalue weighted by Crippen LogP contribution is -2.25. The molecule has 0 aliphatic carbocycles. The third-order valence-electron chi connectivity index (χ3n) is 2.49. The Morgan fingerprint density at radius 3 is 2.64 bits per heavy atom. The molecule has 0 aromatic heterocycles. The largest absolute Gasteiger partial charge is 0.329 e. The molecular formula is C11H11N3. The van der Waals surface area contributed by atoms with Crippen molar-refractivity contribution >= 4 is 11.5 Å². The number of hydrogen-bond donors (Lipinski definition) is 1. The first-order chi connectivity index (χ1) is 6.83. The van der Waals surface area contributed by atoms with E-state index in [1.54, 1.807) is 0 Å². The zero-order valence-electron chi connectivity index (χ0n) is 7.77. The Morgan fingerprint density at radius 1 is 1.36 bits per heavy atom. The zero-order chi connectivity index (χ0) is 9.97. The van der Waals surface area contributed by atoms with Crippen LogP contribution >= 0.6 is 0 Å². The van der Waals surface area contributed by atoms with Gasteiger partial charge in [0.1, 0.15) is 11.8 Å². The standard InChI is InChI=1S/C11H11N3/c12-8-9-6-7-14(11(9)13)10-4-2-1-3-5-10/h1-5,9,13H,6-7H2. The molecule has 1 unspecified atom stereocenters. The summed E-state index contributed by atoms with van der Waals surface area (Å²) in [6.07, 6.45) is 0.768. The Balaban J connectivity index is 2.24. The van der Waals surface area contributed by atoms with E-state index in [-0.39, 0.29) is 5.92 Å². The summed E-state index contributed by atoms with van der Waals surface area (Å²) in [6, 6.07) is 11.9. The van der Waals surface area contributed by atoms with Crippen molar-refractivity contribution in [1.82, 2.24) is 0 Å². The van der Waals surface area contributed by atoms with Crippen LogP contribution < -0.4 is 4.90 Å². The summed E-state index contributed by atoms with van der Waals surface area (Å²) >= 11 is 0. The number of para-hydroxylation sites is 1. The van der Waals surface area contributed by atoms with Crippen molar-refractivity contribution in [3.63, 3.8) is 0 Å². The number of nitrogens with zero attached hydrogens (tertiary/aromatic N) is 2. The smallest absolute Gasteiger partial charge is 0.118 e. The van der Waals surface area contributed by atoms with Gasteiger partial charge in [0.15, 0.2) is 0 Å². The minimum atomic E-state index is -0.227. The molecule has 1 aliphatic heterocycles. The summed E-state index contributed by atoms with van der Waals surface area (Å²) in [4.78, 5) is 1.90. The molecule has 0 radical (unpaired) electrons. The third-order valence-corrected chi connectivity index (χ3v) is 2.49. The van der Waals surface area contributed by atoms with Crippen molar-refractivity contribution in [2.24, 2.45) is 5.92 Å². The minimum absolute atomic E-state index is 0.227. The molecule has 1 saturated heterocycles. The van der Waals surface area contributed by atoms with Crippen molar-refractivity contribution in [2.75, 3.05) is 11.4 Å². The number of nitrogens with one attached hydrogen (secondary N) is 1. The molecule has 3 nitrogen and oxygen atoms in total. The molecule has 0 saturated carbocycles. The zero-order valence-corrected chi connectivity index (χ0v) is 7.77. The van der Waals surface area contributed by atoms with Gasteiger partial charge in [0.25, 0.3) is 0 Å². The Hall–Kier alpha value is -1.82. The third kappa shape index (κ3) is 1.35. The van der Waals surface area contributed by atoms with Crippen LogP contribution in [0.4, 0.5) is 5.69 Å². The first kappa shape index (κ1) is 8.76. The Kier molecular flexibility index (Phi) is 2.19. The van der Waals surface area contributed by atoms with E-state index in [4.69, 9.17) is 10.7 Å². The quantitative estimate of drug-likeness (QED) is 0.727. The lowest BCUT2D eigenvalue weighted by Gasteiger charge is -2.17. The van der Waals surface area contributed by atoms with E-state index < -0.39 is 0 Å². The average molecular weight is 185 g/mol. The summed E-state index contributed by atoms with van der Waals surface area (Å²) in [7, 11) is 0. The summed E-state index contributed by atoms with van der Waals surface area (Å²) in [5.74, 6) is 0.203. The maximum absolute atomic E-state index is 8.78. The van der Waals surface area contributed by atoms with Gasteiger partial charge in [-0.05, 0) is 18.6 Å². The maximum atomic E-state index is 8.78. The molecule has 1 heterocycles. The predicted octanol–water partition coefficient (Wildman–Crippen LogP) is 2.01. The summed E-state index contributed by atoms with van der Waals surface area (Å²) in [5, 5.41) is 16.6. The van der Waals surface area contributed by atoms with Gasteiger partial charge in [-0.2, -0.15) is 5.26 Å². The highest BCUT2D eigenvalue weighted by Crippen LogP contribution is 2.24. The summed E-state index contributed by atoms with van der Waals surface area (Å²) in [5.41, 5.74) is 1.01. The average Bonchev–Trinajstić information content (AvgIpc) is 2.61. The van der Waals surface area contributed by atoms with Gasteiger partial charge in [-0.25, -0.2) is 0 Å². The Bertz CT molecular complexity index is 377. The van der Waals surface area contributed by atoms with Gasteiger partial charge in [-0.15, -0.1) is 0 Å². The fraction of sp³-hybridized carbons (Fsp3) is 0.273. The summed E-state index contributed by atoms with van der Waals surface area (Å²) < 4.78 is 0. The second-order valence-electron chi connectivity index (χ2n) is 3.34. The molecule has 0 amide bonds. The van der Waals surface area contributed by atoms with Gasteiger partial charge in [0.2, 0.25) is 0 Å². The predicted molar refractivity (Wildman–Crippen MR) is 55.2 cm³/mol. The number of hydrogen-bond acceptors (Lipinski definition) is 2. The highest BCUT2D eigenvalue weighted by atomic mass is 15.2. The number of benzene rings is 1. The Labute approximate surface area is 83.1 Å². The molecule has 1 N–H and O–H groups in total. The molecule has 0 spiro atoms. The number of amidine groups is 1. The van der Waals surface area contributed by atoms with Crippen LogP contribution in [0.5, 0.6) is 0 Å². The van der Waals surface area contributed by atoms with Gasteiger partial charge in [-0.1, -0.05) is 18.2 Å². The topological polar surface area (TPSA) is 50.9 Å². The molecule has 2 rings (SSSR count). The second-order valence-corrected chi connectivity index (χ2v) is 3.34. The van der Waals surface area contributed by atoms with Crippen molar-refractivity contribution in [3.8, 4) is 6.07 Å². The molecule has 1 atom stereocenters. The fourth-order valence-electron chi connectivity index (χ4n) is 1.71. The molecule has 14 heavy (non-hydrogen) atoms. The summed E-state index contributed by atoms with van der Waals surface area (Å²) in [6.45, 7) is 0.779. The van der Waals surface area contributed by atoms with Crippen molar-refractivity contribution < 1.29 is 0 Å². The molecule has 1 fully saturated rings. The highest BCUT2D eigenvalue weighted by molar-refractivity contribution is 6.00. The van der Waals surface area contributed by atoms with Gasteiger partial charge >= 0.3 is 0 Å². The first-order valence-electron chi connectivity index (χ1n) is 4.63. The number of nitriles is 1. The number of rotatable bonds is 1. The second kappa shape index (κ2) is 3.51. The van der Waals surface area contributed by atoms with Crippen molar-refractivity contribution in [1.29, 1.82) is 10.7 Å². The normalized spacial score (nSPS) is 20.9. The fourth-order valence-corrected chi connectivity index (χ4v) is 1.71. The minimum Gasteiger partial charge on any atom is -0.329 e. The van der Waals surface area contributed by atoms with Crippen LogP contribution in [0.2, 0.25) is 0 Å². The van der Waals surface area contributed by atoms with Crippen LogP contribution in [0.15, 0.2) is 30.3 Å². The molecule has 0 bridgehead atoms. The molecular weight excluding hydrogens is 174 g/mol. The van der Waals surface area contributed by atoms with Crippen LogP contribution in [0.1, 0.15) is 6.42 Å². The molecule has 1 aliphatic rings. The SMILES string of the molecule is N#CC1CCN(c2ccccc2)C1=N. The van der Waals surface area contributed by atoms with Crippen LogP contribution in [-0.4, -0.2) is 12.4 Å². The first-order valence-corrected chi connectivity index (χ1v) is 4.63. The van der Waals surface area contributed by atoms with Gasteiger partial charge in [0, 0.05) is 12.2 Å². The number of anilines is 1. The van der Waals surface area contributed by atoms with E-state index in [2.05, 4.69) is 6.07 Å². The molecule has 3 heteroatoms. The van der Waals surface area contributed by atoms with E-state index in [0.29, 0.717) is 5.84 Å². The lowest BCUT2D eigenvalue weighted by molar-refractivity contribution is 0.843. The van der Waals surface area contributed by atoms with Gasteiger partial charge < -0.3 is 4.90 Å². The van der Waals surface area contributed by atoms with Gasteiger partial charge in [-0.3, -0.25) is 5.41 Å². The lowest BCUT2D eigenvalue weighted by atomic mass is 10.1. The maximum Gasteiger partial charge on any atom is 0.118 e. The molecule has 1 aromatic rings.